The largest absolute Gasteiger partial charge is 0.328 e. The maximum atomic E-state index is 11.7. The fourth-order valence-corrected chi connectivity index (χ4v) is 1.88. The Morgan fingerprint density at radius 1 is 1.61 bits per heavy atom. The molecule has 1 amide bonds. The maximum absolute atomic E-state index is 11.7. The molecule has 0 bridgehead atoms. The van der Waals surface area contributed by atoms with Crippen LogP contribution in [0.15, 0.2) is 22.7 Å². The molecular formula is C13H16BrN3O. The van der Waals surface area contributed by atoms with Crippen molar-refractivity contribution in [3.05, 3.63) is 28.2 Å². The number of hydrogen-bond donors (Lipinski definition) is 2. The summed E-state index contributed by atoms with van der Waals surface area (Å²) in [5.74, 6) is -0.0924. The lowest BCUT2D eigenvalue weighted by molar-refractivity contribution is -0.116. The second-order valence-electron chi connectivity index (χ2n) is 4.22. The number of carbonyl (C=O) groups excluding carboxylic acids is 1. The molecule has 0 aromatic heterocycles. The Morgan fingerprint density at radius 2 is 2.33 bits per heavy atom. The smallest absolute Gasteiger partial charge is 0.224 e. The molecule has 96 valence electrons. The SMILES string of the molecule is CC(N)CCCC(=O)Nc1cc(Br)ccc1C#N. The molecule has 0 saturated carbocycles. The fourth-order valence-electron chi connectivity index (χ4n) is 1.51. The highest BCUT2D eigenvalue weighted by atomic mass is 79.9. The van der Waals surface area contributed by atoms with Crippen LogP contribution in [0.4, 0.5) is 5.69 Å². The molecule has 1 aromatic carbocycles. The molecule has 0 saturated heterocycles. The van der Waals surface area contributed by atoms with Gasteiger partial charge in [0, 0.05) is 16.9 Å². The number of benzene rings is 1. The minimum Gasteiger partial charge on any atom is -0.328 e. The van der Waals surface area contributed by atoms with Crippen LogP contribution in [0.5, 0.6) is 0 Å². The Bertz CT molecular complexity index is 466. The molecule has 18 heavy (non-hydrogen) atoms. The van der Waals surface area contributed by atoms with Crippen LogP contribution in [-0.4, -0.2) is 11.9 Å². The molecule has 1 unspecified atom stereocenters. The van der Waals surface area contributed by atoms with Gasteiger partial charge in [-0.25, -0.2) is 0 Å². The first kappa shape index (κ1) is 14.7. The highest BCUT2D eigenvalue weighted by molar-refractivity contribution is 9.10. The molecule has 0 fully saturated rings. The first-order valence-electron chi connectivity index (χ1n) is 5.78. The van der Waals surface area contributed by atoms with Crippen LogP contribution >= 0.6 is 15.9 Å². The fraction of sp³-hybridized carbons (Fsp3) is 0.385. The minimum atomic E-state index is -0.0924. The van der Waals surface area contributed by atoms with Crippen LogP contribution in [0, 0.1) is 11.3 Å². The van der Waals surface area contributed by atoms with E-state index in [1.54, 1.807) is 18.2 Å². The van der Waals surface area contributed by atoms with Crippen molar-refractivity contribution in [2.24, 2.45) is 5.73 Å². The first-order valence-corrected chi connectivity index (χ1v) is 6.57. The summed E-state index contributed by atoms with van der Waals surface area (Å²) >= 11 is 3.31. The van der Waals surface area contributed by atoms with Crippen molar-refractivity contribution < 1.29 is 4.79 Å². The van der Waals surface area contributed by atoms with Gasteiger partial charge in [0.2, 0.25) is 5.91 Å². The van der Waals surface area contributed by atoms with Gasteiger partial charge in [-0.1, -0.05) is 15.9 Å². The van der Waals surface area contributed by atoms with Gasteiger partial charge in [-0.15, -0.1) is 0 Å². The summed E-state index contributed by atoms with van der Waals surface area (Å²) in [4.78, 5) is 11.7. The highest BCUT2D eigenvalue weighted by Crippen LogP contribution is 2.21. The number of rotatable bonds is 5. The molecule has 1 atom stereocenters. The van der Waals surface area contributed by atoms with Gasteiger partial charge in [0.15, 0.2) is 0 Å². The van der Waals surface area contributed by atoms with Crippen LogP contribution in [0.25, 0.3) is 0 Å². The second kappa shape index (κ2) is 7.14. The van der Waals surface area contributed by atoms with Crippen LogP contribution in [0.2, 0.25) is 0 Å². The van der Waals surface area contributed by atoms with Gasteiger partial charge in [0.1, 0.15) is 6.07 Å². The van der Waals surface area contributed by atoms with Gasteiger partial charge < -0.3 is 11.1 Å². The average Bonchev–Trinajstić information content (AvgIpc) is 2.28. The third kappa shape index (κ3) is 4.86. The molecule has 3 N–H and O–H groups in total. The van der Waals surface area contributed by atoms with Crippen LogP contribution in [-0.2, 0) is 4.79 Å². The molecule has 1 aromatic rings. The third-order valence-corrected chi connectivity index (χ3v) is 2.93. The number of amides is 1. The summed E-state index contributed by atoms with van der Waals surface area (Å²) in [6.07, 6.45) is 1.98. The lowest BCUT2D eigenvalue weighted by Crippen LogP contribution is -2.17. The molecule has 5 heteroatoms. The first-order chi connectivity index (χ1) is 8.52. The number of nitrogens with zero attached hydrogens (tertiary/aromatic N) is 1. The van der Waals surface area contributed by atoms with Gasteiger partial charge in [0.25, 0.3) is 0 Å². The molecule has 4 nitrogen and oxygen atoms in total. The molecule has 1 rings (SSSR count). The predicted molar refractivity (Wildman–Crippen MR) is 75.0 cm³/mol. The van der Waals surface area contributed by atoms with Crippen molar-refractivity contribution in [3.63, 3.8) is 0 Å². The van der Waals surface area contributed by atoms with E-state index in [0.29, 0.717) is 17.7 Å². The summed E-state index contributed by atoms with van der Waals surface area (Å²) in [5.41, 5.74) is 6.61. The zero-order chi connectivity index (χ0) is 13.5. The van der Waals surface area contributed by atoms with E-state index in [-0.39, 0.29) is 11.9 Å². The lowest BCUT2D eigenvalue weighted by atomic mass is 10.1. The normalized spacial score (nSPS) is 11.7. The van der Waals surface area contributed by atoms with Crippen LogP contribution < -0.4 is 11.1 Å². The van der Waals surface area contributed by atoms with E-state index in [9.17, 15) is 4.79 Å². The standard InChI is InChI=1S/C13H16BrN3O/c1-9(16)3-2-4-13(18)17-12-7-11(14)6-5-10(12)8-15/h5-7,9H,2-4,16H2,1H3,(H,17,18). The van der Waals surface area contributed by atoms with Crippen LogP contribution in [0.1, 0.15) is 31.7 Å². The quantitative estimate of drug-likeness (QED) is 0.877. The van der Waals surface area contributed by atoms with Gasteiger partial charge in [0.05, 0.1) is 11.3 Å². The number of nitrogens with one attached hydrogen (secondary N) is 1. The van der Waals surface area contributed by atoms with Gasteiger partial charge >= 0.3 is 0 Å². The van der Waals surface area contributed by atoms with Crippen molar-refractivity contribution in [2.45, 2.75) is 32.2 Å². The lowest BCUT2D eigenvalue weighted by Gasteiger charge is -2.08. The van der Waals surface area contributed by atoms with Crippen LogP contribution in [0.3, 0.4) is 0 Å². The van der Waals surface area contributed by atoms with Crippen molar-refractivity contribution in [1.29, 1.82) is 5.26 Å². The zero-order valence-electron chi connectivity index (χ0n) is 10.2. The monoisotopic (exact) mass is 309 g/mol. The van der Waals surface area contributed by atoms with E-state index in [4.69, 9.17) is 11.0 Å². The average molecular weight is 310 g/mol. The van der Waals surface area contributed by atoms with Gasteiger partial charge in [-0.2, -0.15) is 5.26 Å². The third-order valence-electron chi connectivity index (χ3n) is 2.44. The van der Waals surface area contributed by atoms with E-state index in [2.05, 4.69) is 21.2 Å². The number of hydrogen-bond acceptors (Lipinski definition) is 3. The molecule has 0 heterocycles. The highest BCUT2D eigenvalue weighted by Gasteiger charge is 2.07. The van der Waals surface area contributed by atoms with E-state index in [0.717, 1.165) is 17.3 Å². The number of nitriles is 1. The number of anilines is 1. The Kier molecular flexibility index (Phi) is 5.83. The number of nitrogens with two attached hydrogens (primary N) is 1. The Hall–Kier alpha value is -1.38. The topological polar surface area (TPSA) is 78.9 Å². The predicted octanol–water partition coefficient (Wildman–Crippen LogP) is 2.78. The summed E-state index contributed by atoms with van der Waals surface area (Å²) in [5, 5.41) is 11.7. The van der Waals surface area contributed by atoms with E-state index < -0.39 is 0 Å². The van der Waals surface area contributed by atoms with Gasteiger partial charge in [-0.05, 0) is 38.0 Å². The molecule has 0 aliphatic heterocycles. The molecular weight excluding hydrogens is 294 g/mol. The molecule has 0 aliphatic rings. The Morgan fingerprint density at radius 3 is 2.94 bits per heavy atom. The summed E-state index contributed by atoms with van der Waals surface area (Å²) in [7, 11) is 0. The zero-order valence-corrected chi connectivity index (χ0v) is 11.8. The second-order valence-corrected chi connectivity index (χ2v) is 5.14. The van der Waals surface area contributed by atoms with Gasteiger partial charge in [-0.3, -0.25) is 4.79 Å². The summed E-state index contributed by atoms with van der Waals surface area (Å²) in [6, 6.07) is 7.32. The molecule has 0 spiro atoms. The Labute approximate surface area is 115 Å². The van der Waals surface area contributed by atoms with E-state index >= 15 is 0 Å². The van der Waals surface area contributed by atoms with Crippen molar-refractivity contribution in [3.8, 4) is 6.07 Å². The number of carbonyl (C=O) groups is 1. The maximum Gasteiger partial charge on any atom is 0.224 e. The summed E-state index contributed by atoms with van der Waals surface area (Å²) < 4.78 is 0.826. The Balaban J connectivity index is 2.59. The number of halogens is 1. The van der Waals surface area contributed by atoms with Crippen molar-refractivity contribution in [1.82, 2.24) is 0 Å². The molecule has 0 radical (unpaired) electrons. The summed E-state index contributed by atoms with van der Waals surface area (Å²) in [6.45, 7) is 1.92. The van der Waals surface area contributed by atoms with Crippen molar-refractivity contribution in [2.75, 3.05) is 5.32 Å². The van der Waals surface area contributed by atoms with Crippen molar-refractivity contribution >= 4 is 27.5 Å². The van der Waals surface area contributed by atoms with E-state index in [1.165, 1.54) is 0 Å². The van der Waals surface area contributed by atoms with E-state index in [1.807, 2.05) is 13.0 Å². The molecule has 0 aliphatic carbocycles. The minimum absolute atomic E-state index is 0.0924.